The van der Waals surface area contributed by atoms with Crippen LogP contribution in [-0.4, -0.2) is 14.6 Å². The fourth-order valence-corrected chi connectivity index (χ4v) is 6.07. The van der Waals surface area contributed by atoms with Gasteiger partial charge < -0.3 is 4.42 Å². The van der Waals surface area contributed by atoms with Crippen molar-refractivity contribution >= 4 is 61.2 Å². The van der Waals surface area contributed by atoms with Crippen molar-refractivity contribution in [2.45, 2.75) is 6.92 Å². The zero-order valence-electron chi connectivity index (χ0n) is 22.5. The number of nitrogens with zero attached hydrogens (tertiary/aromatic N) is 3. The highest BCUT2D eigenvalue weighted by Crippen LogP contribution is 2.41. The van der Waals surface area contributed by atoms with Crippen LogP contribution in [0.15, 0.2) is 120 Å². The van der Waals surface area contributed by atoms with Gasteiger partial charge in [-0.25, -0.2) is 9.50 Å². The number of rotatable bonds is 4. The monoisotopic (exact) mass is 527 g/mol. The highest BCUT2D eigenvalue weighted by molar-refractivity contribution is 6.24. The minimum atomic E-state index is 0.775. The van der Waals surface area contributed by atoms with Crippen LogP contribution in [0.5, 0.6) is 0 Å². The highest BCUT2D eigenvalue weighted by Gasteiger charge is 2.19. The molecule has 0 unspecified atom stereocenters. The van der Waals surface area contributed by atoms with Gasteiger partial charge in [0.2, 0.25) is 0 Å². The smallest absolute Gasteiger partial charge is 0.136 e. The summed E-state index contributed by atoms with van der Waals surface area (Å²) in [6.45, 7) is 6.02. The van der Waals surface area contributed by atoms with E-state index in [1.807, 2.05) is 29.6 Å². The summed E-state index contributed by atoms with van der Waals surface area (Å²) in [4.78, 5) is 5.21. The minimum Gasteiger partial charge on any atom is -0.456 e. The van der Waals surface area contributed by atoms with Crippen LogP contribution in [0.25, 0.3) is 83.6 Å². The Morgan fingerprint density at radius 3 is 2.39 bits per heavy atom. The first-order valence-corrected chi connectivity index (χ1v) is 13.7. The molecule has 0 spiro atoms. The Balaban J connectivity index is 1.38. The van der Waals surface area contributed by atoms with E-state index in [-0.39, 0.29) is 0 Å². The fourth-order valence-electron chi connectivity index (χ4n) is 6.07. The molecule has 0 saturated heterocycles. The summed E-state index contributed by atoms with van der Waals surface area (Å²) >= 11 is 0. The molecule has 4 aromatic heterocycles. The van der Waals surface area contributed by atoms with E-state index in [0.717, 1.165) is 82.8 Å². The molecular weight excluding hydrogens is 502 g/mol. The molecule has 41 heavy (non-hydrogen) atoms. The number of hydrogen-bond donors (Lipinski definition) is 0. The summed E-state index contributed by atoms with van der Waals surface area (Å²) < 4.78 is 8.22. The van der Waals surface area contributed by atoms with Gasteiger partial charge in [-0.3, -0.25) is 0 Å². The summed E-state index contributed by atoms with van der Waals surface area (Å²) in [5.41, 5.74) is 9.14. The van der Waals surface area contributed by atoms with Crippen molar-refractivity contribution in [2.24, 2.45) is 0 Å². The SMILES string of the molecule is C=Cc1oc2ccc3c(-c4cccc(-c5ccc6c7ccccc7nn6c5)c4)nc4ccccc4c3c2c1/C=C\C. The molecule has 4 nitrogen and oxygen atoms in total. The lowest BCUT2D eigenvalue weighted by Gasteiger charge is -2.12. The number of pyridine rings is 2. The number of hydrogen-bond acceptors (Lipinski definition) is 3. The molecule has 0 N–H and O–H groups in total. The van der Waals surface area contributed by atoms with Crippen LogP contribution in [-0.2, 0) is 0 Å². The Bertz CT molecular complexity index is 2350. The molecule has 0 aliphatic carbocycles. The molecule has 4 heteroatoms. The molecule has 4 heterocycles. The Morgan fingerprint density at radius 2 is 1.54 bits per heavy atom. The van der Waals surface area contributed by atoms with Crippen molar-refractivity contribution in [1.29, 1.82) is 0 Å². The summed E-state index contributed by atoms with van der Waals surface area (Å²) in [6, 6.07) is 33.7. The topological polar surface area (TPSA) is 43.3 Å². The van der Waals surface area contributed by atoms with E-state index in [1.165, 1.54) is 0 Å². The molecule has 0 aliphatic rings. The number of allylic oxidation sites excluding steroid dienone is 1. The predicted octanol–water partition coefficient (Wildman–Crippen LogP) is 9.95. The summed E-state index contributed by atoms with van der Waals surface area (Å²) in [6.07, 6.45) is 8.04. The van der Waals surface area contributed by atoms with Crippen LogP contribution in [0, 0.1) is 0 Å². The lowest BCUT2D eigenvalue weighted by Crippen LogP contribution is -1.92. The second-order valence-electron chi connectivity index (χ2n) is 10.3. The summed E-state index contributed by atoms with van der Waals surface area (Å²) in [5, 5.41) is 10.4. The van der Waals surface area contributed by atoms with Crippen molar-refractivity contribution < 1.29 is 4.42 Å². The Hall–Kier alpha value is -5.48. The quantitative estimate of drug-likeness (QED) is 0.214. The summed E-state index contributed by atoms with van der Waals surface area (Å²) in [7, 11) is 0. The second-order valence-corrected chi connectivity index (χ2v) is 10.3. The van der Waals surface area contributed by atoms with Gasteiger partial charge in [-0.1, -0.05) is 79.4 Å². The third-order valence-corrected chi connectivity index (χ3v) is 7.90. The van der Waals surface area contributed by atoms with Gasteiger partial charge in [-0.15, -0.1) is 0 Å². The molecule has 4 aromatic carbocycles. The predicted molar refractivity (Wildman–Crippen MR) is 171 cm³/mol. The maximum Gasteiger partial charge on any atom is 0.136 e. The maximum absolute atomic E-state index is 6.24. The molecule has 0 radical (unpaired) electrons. The van der Waals surface area contributed by atoms with E-state index in [0.29, 0.717) is 0 Å². The molecule has 194 valence electrons. The molecule has 0 aliphatic heterocycles. The minimum absolute atomic E-state index is 0.775. The van der Waals surface area contributed by atoms with Gasteiger partial charge in [-0.2, -0.15) is 5.10 Å². The Kier molecular flexibility index (Phi) is 5.16. The van der Waals surface area contributed by atoms with Gasteiger partial charge >= 0.3 is 0 Å². The standard InChI is InChI=1S/C37H25N3O/c1-3-10-28-33(4-2)41-34-20-18-29-35(36(28)34)27-14-6-7-15-30(27)38-37(29)24-12-9-11-23(21-24)25-17-19-32-26-13-5-8-16-31(26)39-40(32)22-25/h3-22H,2H2,1H3/b10-3-. The van der Waals surface area contributed by atoms with E-state index in [1.54, 1.807) is 6.08 Å². The maximum atomic E-state index is 6.24. The first-order chi connectivity index (χ1) is 20.2. The molecule has 8 rings (SSSR count). The molecule has 0 amide bonds. The van der Waals surface area contributed by atoms with Crippen molar-refractivity contribution in [1.82, 2.24) is 14.6 Å². The van der Waals surface area contributed by atoms with Crippen LogP contribution in [0.1, 0.15) is 18.2 Å². The molecule has 0 atom stereocenters. The molecule has 8 aromatic rings. The number of furan rings is 1. The average Bonchev–Trinajstić information content (AvgIpc) is 3.58. The van der Waals surface area contributed by atoms with E-state index in [9.17, 15) is 0 Å². The van der Waals surface area contributed by atoms with E-state index in [2.05, 4.69) is 104 Å². The third-order valence-electron chi connectivity index (χ3n) is 7.90. The number of fused-ring (bicyclic) bond motifs is 8. The Labute approximate surface area is 236 Å². The zero-order valence-corrected chi connectivity index (χ0v) is 22.5. The van der Waals surface area contributed by atoms with Gasteiger partial charge in [0.25, 0.3) is 0 Å². The third kappa shape index (κ3) is 3.54. The fraction of sp³-hybridized carbons (Fsp3) is 0.0270. The molecule has 0 fully saturated rings. The highest BCUT2D eigenvalue weighted by atomic mass is 16.3. The number of para-hydroxylation sites is 1. The van der Waals surface area contributed by atoms with Crippen molar-refractivity contribution in [3.8, 4) is 22.4 Å². The van der Waals surface area contributed by atoms with Crippen molar-refractivity contribution in [3.05, 3.63) is 127 Å². The summed E-state index contributed by atoms with van der Waals surface area (Å²) in [5.74, 6) is 0.775. The van der Waals surface area contributed by atoms with Gasteiger partial charge in [0.1, 0.15) is 11.3 Å². The van der Waals surface area contributed by atoms with Gasteiger partial charge in [0.15, 0.2) is 0 Å². The largest absolute Gasteiger partial charge is 0.456 e. The first kappa shape index (κ1) is 23.4. The second kappa shape index (κ2) is 9.04. The normalized spacial score (nSPS) is 12.0. The average molecular weight is 528 g/mol. The number of benzene rings is 4. The molecule has 0 saturated carbocycles. The Morgan fingerprint density at radius 1 is 0.732 bits per heavy atom. The van der Waals surface area contributed by atoms with Gasteiger partial charge in [0.05, 0.1) is 22.2 Å². The van der Waals surface area contributed by atoms with Gasteiger partial charge in [-0.05, 0) is 55.0 Å². The molecular formula is C37H25N3O. The van der Waals surface area contributed by atoms with Gasteiger partial charge in [0, 0.05) is 49.8 Å². The van der Waals surface area contributed by atoms with E-state index in [4.69, 9.17) is 14.5 Å². The van der Waals surface area contributed by atoms with Crippen molar-refractivity contribution in [2.75, 3.05) is 0 Å². The van der Waals surface area contributed by atoms with Crippen LogP contribution in [0.3, 0.4) is 0 Å². The van der Waals surface area contributed by atoms with E-state index < -0.39 is 0 Å². The van der Waals surface area contributed by atoms with Crippen LogP contribution < -0.4 is 0 Å². The lowest BCUT2D eigenvalue weighted by atomic mass is 9.94. The van der Waals surface area contributed by atoms with Crippen LogP contribution in [0.4, 0.5) is 0 Å². The first-order valence-electron chi connectivity index (χ1n) is 13.7. The van der Waals surface area contributed by atoms with Crippen LogP contribution >= 0.6 is 0 Å². The lowest BCUT2D eigenvalue weighted by molar-refractivity contribution is 0.603. The number of aromatic nitrogens is 3. The van der Waals surface area contributed by atoms with Crippen molar-refractivity contribution in [3.63, 3.8) is 0 Å². The zero-order chi connectivity index (χ0) is 27.5. The van der Waals surface area contributed by atoms with E-state index >= 15 is 0 Å². The van der Waals surface area contributed by atoms with Crippen LogP contribution in [0.2, 0.25) is 0 Å². The molecule has 0 bridgehead atoms.